The molecule has 1 saturated heterocycles. The van der Waals surface area contributed by atoms with E-state index in [0.29, 0.717) is 17.9 Å². The van der Waals surface area contributed by atoms with Gasteiger partial charge in [0.2, 0.25) is 0 Å². The number of ether oxygens (including phenoxy) is 3. The fourth-order valence-corrected chi connectivity index (χ4v) is 5.85. The molecule has 2 aromatic rings. The lowest BCUT2D eigenvalue weighted by Crippen LogP contribution is -2.50. The standard InChI is InChI=1S/C25H32N2O5S/c1-30-20-9-10-22-21(17-20)32-18-23(28)25(33-22,24(29)31-2)11-6-12-26-13-15-27(16-14-26)19-7-4-3-5-8-19/h3-5,7-10,17,23,28H,6,11-16,18H2,1-2H3. The fourth-order valence-electron chi connectivity index (χ4n) is 4.48. The van der Waals surface area contributed by atoms with E-state index in [4.69, 9.17) is 14.2 Å². The maximum absolute atomic E-state index is 13.0. The zero-order valence-electron chi connectivity index (χ0n) is 19.2. The van der Waals surface area contributed by atoms with Crippen LogP contribution in [0.1, 0.15) is 12.8 Å². The van der Waals surface area contributed by atoms with Gasteiger partial charge in [-0.1, -0.05) is 18.2 Å². The van der Waals surface area contributed by atoms with Gasteiger partial charge in [-0.15, -0.1) is 11.8 Å². The van der Waals surface area contributed by atoms with Crippen molar-refractivity contribution in [3.8, 4) is 11.5 Å². The average Bonchev–Trinajstić information content (AvgIpc) is 3.01. The Morgan fingerprint density at radius 2 is 1.91 bits per heavy atom. The highest BCUT2D eigenvalue weighted by Crippen LogP contribution is 2.47. The maximum Gasteiger partial charge on any atom is 0.325 e. The van der Waals surface area contributed by atoms with Crippen LogP contribution in [0.3, 0.4) is 0 Å². The number of hydrogen-bond acceptors (Lipinski definition) is 8. The average molecular weight is 473 g/mol. The lowest BCUT2D eigenvalue weighted by molar-refractivity contribution is -0.147. The molecule has 0 bridgehead atoms. The van der Waals surface area contributed by atoms with Crippen LogP contribution >= 0.6 is 11.8 Å². The van der Waals surface area contributed by atoms with Crippen LogP contribution in [0.5, 0.6) is 11.5 Å². The van der Waals surface area contributed by atoms with Crippen LogP contribution in [0, 0.1) is 0 Å². The predicted octanol–water partition coefficient (Wildman–Crippen LogP) is 3.05. The Balaban J connectivity index is 1.40. The molecule has 2 heterocycles. The van der Waals surface area contributed by atoms with Crippen molar-refractivity contribution < 1.29 is 24.1 Å². The molecule has 0 aromatic heterocycles. The summed E-state index contributed by atoms with van der Waals surface area (Å²) in [6.45, 7) is 4.80. The minimum absolute atomic E-state index is 0.0258. The molecule has 0 radical (unpaired) electrons. The highest BCUT2D eigenvalue weighted by Gasteiger charge is 2.49. The Labute approximate surface area is 199 Å². The van der Waals surface area contributed by atoms with E-state index < -0.39 is 16.8 Å². The number of nitrogens with zero attached hydrogens (tertiary/aromatic N) is 2. The van der Waals surface area contributed by atoms with Gasteiger partial charge in [0.25, 0.3) is 0 Å². The first-order valence-corrected chi connectivity index (χ1v) is 12.2. The highest BCUT2D eigenvalue weighted by molar-refractivity contribution is 8.01. The summed E-state index contributed by atoms with van der Waals surface area (Å²) in [5.41, 5.74) is 1.26. The van der Waals surface area contributed by atoms with E-state index in [9.17, 15) is 9.90 Å². The topological polar surface area (TPSA) is 71.5 Å². The van der Waals surface area contributed by atoms with Gasteiger partial charge in [0.1, 0.15) is 29.0 Å². The second-order valence-electron chi connectivity index (χ2n) is 8.39. The van der Waals surface area contributed by atoms with Gasteiger partial charge in [-0.2, -0.15) is 0 Å². The monoisotopic (exact) mass is 472 g/mol. The van der Waals surface area contributed by atoms with Gasteiger partial charge < -0.3 is 24.2 Å². The van der Waals surface area contributed by atoms with Crippen molar-refractivity contribution in [1.29, 1.82) is 0 Å². The molecule has 178 valence electrons. The number of esters is 1. The molecule has 2 aliphatic heterocycles. The highest BCUT2D eigenvalue weighted by atomic mass is 32.2. The summed E-state index contributed by atoms with van der Waals surface area (Å²) in [7, 11) is 2.97. The third-order valence-corrected chi connectivity index (χ3v) is 7.99. The van der Waals surface area contributed by atoms with Crippen molar-refractivity contribution in [3.05, 3.63) is 48.5 Å². The van der Waals surface area contributed by atoms with Crippen molar-refractivity contribution in [1.82, 2.24) is 4.90 Å². The molecule has 2 aliphatic rings. The summed E-state index contributed by atoms with van der Waals surface area (Å²) in [6, 6.07) is 16.0. The van der Waals surface area contributed by atoms with Crippen LogP contribution in [-0.2, 0) is 9.53 Å². The molecule has 4 rings (SSSR count). The Morgan fingerprint density at radius 1 is 1.15 bits per heavy atom. The van der Waals surface area contributed by atoms with E-state index in [2.05, 4.69) is 34.1 Å². The number of thioether (sulfide) groups is 1. The number of hydrogen-bond donors (Lipinski definition) is 1. The molecular formula is C25H32N2O5S. The van der Waals surface area contributed by atoms with Gasteiger partial charge in [0.15, 0.2) is 0 Å². The Morgan fingerprint density at radius 3 is 2.61 bits per heavy atom. The van der Waals surface area contributed by atoms with Crippen LogP contribution in [0.25, 0.3) is 0 Å². The van der Waals surface area contributed by atoms with E-state index in [1.54, 1.807) is 13.2 Å². The maximum atomic E-state index is 13.0. The SMILES string of the molecule is COC(=O)C1(CCCN2CCN(c3ccccc3)CC2)Sc2ccc(OC)cc2OCC1O. The number of para-hydroxylation sites is 1. The number of aliphatic hydroxyl groups excluding tert-OH is 1. The van der Waals surface area contributed by atoms with Gasteiger partial charge in [-0.05, 0) is 43.7 Å². The number of rotatable bonds is 7. The summed E-state index contributed by atoms with van der Waals surface area (Å²) in [5, 5.41) is 11.0. The van der Waals surface area contributed by atoms with Crippen LogP contribution < -0.4 is 14.4 Å². The largest absolute Gasteiger partial charge is 0.497 e. The molecule has 2 aromatic carbocycles. The lowest BCUT2D eigenvalue weighted by atomic mass is 9.95. The van der Waals surface area contributed by atoms with Crippen LogP contribution in [0.15, 0.2) is 53.4 Å². The lowest BCUT2D eigenvalue weighted by Gasteiger charge is -2.37. The molecule has 0 amide bonds. The Bertz CT molecular complexity index is 936. The van der Waals surface area contributed by atoms with Crippen molar-refractivity contribution in [2.75, 3.05) is 58.5 Å². The number of fused-ring (bicyclic) bond motifs is 1. The van der Waals surface area contributed by atoms with Gasteiger partial charge >= 0.3 is 5.97 Å². The molecule has 0 aliphatic carbocycles. The summed E-state index contributed by atoms with van der Waals surface area (Å²) >= 11 is 1.34. The smallest absolute Gasteiger partial charge is 0.325 e. The third-order valence-electron chi connectivity index (χ3n) is 6.43. The molecule has 1 N–H and O–H groups in total. The molecule has 0 saturated carbocycles. The first-order valence-electron chi connectivity index (χ1n) is 11.3. The quantitative estimate of drug-likeness (QED) is 0.617. The summed E-state index contributed by atoms with van der Waals surface area (Å²) in [5.74, 6) is 0.867. The number of carbonyl (C=O) groups is 1. The first-order chi connectivity index (χ1) is 16.1. The molecular weight excluding hydrogens is 440 g/mol. The molecule has 8 heteroatoms. The number of carbonyl (C=O) groups excluding carboxylic acids is 1. The van der Waals surface area contributed by atoms with Gasteiger partial charge in [-0.25, -0.2) is 0 Å². The number of piperazine rings is 1. The van der Waals surface area contributed by atoms with E-state index in [0.717, 1.165) is 44.0 Å². The molecule has 2 atom stereocenters. The molecule has 7 nitrogen and oxygen atoms in total. The van der Waals surface area contributed by atoms with Gasteiger partial charge in [-0.3, -0.25) is 9.69 Å². The van der Waals surface area contributed by atoms with Crippen molar-refractivity contribution in [2.24, 2.45) is 0 Å². The minimum Gasteiger partial charge on any atom is -0.497 e. The van der Waals surface area contributed by atoms with Crippen molar-refractivity contribution >= 4 is 23.4 Å². The van der Waals surface area contributed by atoms with Crippen molar-refractivity contribution in [2.45, 2.75) is 28.6 Å². The fraction of sp³-hybridized carbons (Fsp3) is 0.480. The summed E-state index contributed by atoms with van der Waals surface area (Å²) in [6.07, 6.45) is 0.290. The Kier molecular flexibility index (Phi) is 7.67. The van der Waals surface area contributed by atoms with Gasteiger partial charge in [0, 0.05) is 37.9 Å². The van der Waals surface area contributed by atoms with E-state index >= 15 is 0 Å². The first kappa shape index (κ1) is 23.7. The third kappa shape index (κ3) is 5.23. The van der Waals surface area contributed by atoms with E-state index in [1.165, 1.54) is 24.6 Å². The normalized spacial score (nSPS) is 23.2. The molecule has 1 fully saturated rings. The summed E-state index contributed by atoms with van der Waals surface area (Å²) < 4.78 is 15.2. The van der Waals surface area contributed by atoms with Crippen LogP contribution in [0.2, 0.25) is 0 Å². The molecule has 2 unspecified atom stereocenters. The van der Waals surface area contributed by atoms with E-state index in [-0.39, 0.29) is 6.61 Å². The zero-order chi connectivity index (χ0) is 23.3. The van der Waals surface area contributed by atoms with E-state index in [1.807, 2.05) is 18.2 Å². The van der Waals surface area contributed by atoms with Crippen molar-refractivity contribution in [3.63, 3.8) is 0 Å². The molecule has 33 heavy (non-hydrogen) atoms. The van der Waals surface area contributed by atoms with Crippen LogP contribution in [-0.4, -0.2) is 80.4 Å². The number of aliphatic hydroxyl groups is 1. The number of benzene rings is 2. The second-order valence-corrected chi connectivity index (χ2v) is 9.76. The molecule has 0 spiro atoms. The number of anilines is 1. The number of methoxy groups -OCH3 is 2. The Hall–Kier alpha value is -2.42. The minimum atomic E-state index is -1.11. The predicted molar refractivity (Wildman–Crippen MR) is 129 cm³/mol. The summed E-state index contributed by atoms with van der Waals surface area (Å²) in [4.78, 5) is 18.6. The van der Waals surface area contributed by atoms with Crippen LogP contribution in [0.4, 0.5) is 5.69 Å². The second kappa shape index (κ2) is 10.7. The van der Waals surface area contributed by atoms with Gasteiger partial charge in [0.05, 0.1) is 19.1 Å². The zero-order valence-corrected chi connectivity index (χ0v) is 20.1.